The molecule has 6 nitrogen and oxygen atoms in total. The number of morpholine rings is 1. The van der Waals surface area contributed by atoms with Gasteiger partial charge in [0.2, 0.25) is 5.88 Å². The molecule has 1 aliphatic rings. The van der Waals surface area contributed by atoms with Crippen molar-refractivity contribution < 1.29 is 9.47 Å². The van der Waals surface area contributed by atoms with Crippen molar-refractivity contribution in [2.45, 2.75) is 13.0 Å². The molecule has 100 valence electrons. The van der Waals surface area contributed by atoms with Crippen LogP contribution in [0.3, 0.4) is 0 Å². The van der Waals surface area contributed by atoms with E-state index in [0.29, 0.717) is 18.5 Å². The maximum Gasteiger partial charge on any atom is 0.218 e. The second-order valence-corrected chi connectivity index (χ2v) is 4.30. The van der Waals surface area contributed by atoms with Crippen LogP contribution in [0.4, 0.5) is 5.82 Å². The molecule has 1 aliphatic heterocycles. The van der Waals surface area contributed by atoms with Crippen molar-refractivity contribution in [1.82, 2.24) is 15.3 Å². The van der Waals surface area contributed by atoms with Crippen molar-refractivity contribution in [2.24, 2.45) is 0 Å². The maximum atomic E-state index is 5.52. The van der Waals surface area contributed by atoms with Gasteiger partial charge in [-0.2, -0.15) is 4.98 Å². The molecule has 1 unspecified atom stereocenters. The van der Waals surface area contributed by atoms with Crippen LogP contribution in [0.1, 0.15) is 5.82 Å². The summed E-state index contributed by atoms with van der Waals surface area (Å²) in [7, 11) is 3.56. The lowest BCUT2D eigenvalue weighted by molar-refractivity contribution is 0.0938. The van der Waals surface area contributed by atoms with Crippen molar-refractivity contribution >= 4 is 5.82 Å². The molecule has 2 heterocycles. The first kappa shape index (κ1) is 13.0. The molecule has 1 aromatic heterocycles. The van der Waals surface area contributed by atoms with Crippen molar-refractivity contribution in [3.8, 4) is 5.88 Å². The van der Waals surface area contributed by atoms with Crippen LogP contribution < -0.4 is 15.0 Å². The molecular weight excluding hydrogens is 232 g/mol. The zero-order valence-electron chi connectivity index (χ0n) is 11.1. The van der Waals surface area contributed by atoms with Crippen molar-refractivity contribution in [3.63, 3.8) is 0 Å². The van der Waals surface area contributed by atoms with Gasteiger partial charge in [0, 0.05) is 19.2 Å². The highest BCUT2D eigenvalue weighted by Gasteiger charge is 2.24. The molecule has 1 atom stereocenters. The van der Waals surface area contributed by atoms with Crippen LogP contribution in [0.5, 0.6) is 5.88 Å². The van der Waals surface area contributed by atoms with Crippen LogP contribution in [0, 0.1) is 6.92 Å². The maximum absolute atomic E-state index is 5.52. The van der Waals surface area contributed by atoms with E-state index in [4.69, 9.17) is 9.47 Å². The Balaban J connectivity index is 2.24. The largest absolute Gasteiger partial charge is 0.481 e. The summed E-state index contributed by atoms with van der Waals surface area (Å²) in [5.41, 5.74) is 0. The molecule has 2 rings (SSSR count). The van der Waals surface area contributed by atoms with Crippen LogP contribution >= 0.6 is 0 Å². The van der Waals surface area contributed by atoms with Gasteiger partial charge in [0.25, 0.3) is 0 Å². The van der Waals surface area contributed by atoms with Crippen LogP contribution in [-0.2, 0) is 4.74 Å². The number of nitrogens with one attached hydrogen (secondary N) is 1. The van der Waals surface area contributed by atoms with E-state index >= 15 is 0 Å². The lowest BCUT2D eigenvalue weighted by atomic mass is 10.2. The molecule has 0 bridgehead atoms. The number of anilines is 1. The molecule has 1 fully saturated rings. The highest BCUT2D eigenvalue weighted by molar-refractivity contribution is 5.43. The van der Waals surface area contributed by atoms with Gasteiger partial charge in [0.15, 0.2) is 0 Å². The SMILES string of the molecule is CNCC1COCCN1c1cc(OC)nc(C)n1. The molecule has 1 aromatic rings. The normalized spacial score (nSPS) is 19.9. The van der Waals surface area contributed by atoms with Gasteiger partial charge in [-0.3, -0.25) is 0 Å². The Hall–Kier alpha value is -1.40. The Bertz CT molecular complexity index is 398. The molecule has 0 amide bonds. The first-order valence-electron chi connectivity index (χ1n) is 6.13. The number of hydrogen-bond acceptors (Lipinski definition) is 6. The highest BCUT2D eigenvalue weighted by Crippen LogP contribution is 2.21. The summed E-state index contributed by atoms with van der Waals surface area (Å²) in [5, 5.41) is 3.18. The van der Waals surface area contributed by atoms with Crippen molar-refractivity contribution in [1.29, 1.82) is 0 Å². The summed E-state index contributed by atoms with van der Waals surface area (Å²) < 4.78 is 10.7. The molecule has 1 N–H and O–H groups in total. The van der Waals surface area contributed by atoms with Crippen molar-refractivity contribution in [3.05, 3.63) is 11.9 Å². The minimum atomic E-state index is 0.294. The minimum absolute atomic E-state index is 0.294. The first-order valence-corrected chi connectivity index (χ1v) is 6.13. The Morgan fingerprint density at radius 1 is 1.56 bits per heavy atom. The monoisotopic (exact) mass is 252 g/mol. The molecule has 0 aliphatic carbocycles. The predicted octanol–water partition coefficient (Wildman–Crippen LogP) is 0.218. The molecule has 0 radical (unpaired) electrons. The number of methoxy groups -OCH3 is 1. The van der Waals surface area contributed by atoms with E-state index in [2.05, 4.69) is 20.2 Å². The Morgan fingerprint density at radius 2 is 2.39 bits per heavy atom. The van der Waals surface area contributed by atoms with E-state index in [1.165, 1.54) is 0 Å². The van der Waals surface area contributed by atoms with Gasteiger partial charge >= 0.3 is 0 Å². The fraction of sp³-hybridized carbons (Fsp3) is 0.667. The average molecular weight is 252 g/mol. The summed E-state index contributed by atoms with van der Waals surface area (Å²) in [4.78, 5) is 10.9. The van der Waals surface area contributed by atoms with E-state index in [1.807, 2.05) is 20.0 Å². The standard InChI is InChI=1S/C12H20N4O2/c1-9-14-11(6-12(15-9)17-3)16-4-5-18-8-10(16)7-13-2/h6,10,13H,4-5,7-8H2,1-3H3. The van der Waals surface area contributed by atoms with Crippen LogP contribution in [-0.4, -0.2) is 56.5 Å². The van der Waals surface area contributed by atoms with Crippen molar-refractivity contribution in [2.75, 3.05) is 45.4 Å². The number of rotatable bonds is 4. The average Bonchev–Trinajstić information content (AvgIpc) is 2.39. The lowest BCUT2D eigenvalue weighted by Crippen LogP contribution is -2.50. The zero-order chi connectivity index (χ0) is 13.0. The number of aromatic nitrogens is 2. The van der Waals surface area contributed by atoms with Gasteiger partial charge in [-0.25, -0.2) is 4.98 Å². The fourth-order valence-corrected chi connectivity index (χ4v) is 2.14. The Kier molecular flexibility index (Phi) is 4.33. The van der Waals surface area contributed by atoms with E-state index in [1.54, 1.807) is 7.11 Å². The smallest absolute Gasteiger partial charge is 0.218 e. The summed E-state index contributed by atoms with van der Waals surface area (Å²) in [6, 6.07) is 2.17. The molecule has 1 saturated heterocycles. The molecule has 0 spiro atoms. The molecule has 0 saturated carbocycles. The lowest BCUT2D eigenvalue weighted by Gasteiger charge is -2.36. The van der Waals surface area contributed by atoms with E-state index in [9.17, 15) is 0 Å². The van der Waals surface area contributed by atoms with Gasteiger partial charge in [0.1, 0.15) is 11.6 Å². The Labute approximate surface area is 107 Å². The fourth-order valence-electron chi connectivity index (χ4n) is 2.14. The number of nitrogens with zero attached hydrogens (tertiary/aromatic N) is 3. The van der Waals surface area contributed by atoms with E-state index < -0.39 is 0 Å². The summed E-state index contributed by atoms with van der Waals surface area (Å²) in [6.45, 7) is 5.02. The van der Waals surface area contributed by atoms with Gasteiger partial charge in [-0.1, -0.05) is 0 Å². The van der Waals surface area contributed by atoms with E-state index in [-0.39, 0.29) is 0 Å². The summed E-state index contributed by atoms with van der Waals surface area (Å²) in [5.74, 6) is 2.23. The third-order valence-corrected chi connectivity index (χ3v) is 2.97. The minimum Gasteiger partial charge on any atom is -0.481 e. The van der Waals surface area contributed by atoms with Gasteiger partial charge in [-0.15, -0.1) is 0 Å². The third-order valence-electron chi connectivity index (χ3n) is 2.97. The van der Waals surface area contributed by atoms with Crippen LogP contribution in [0.25, 0.3) is 0 Å². The second kappa shape index (κ2) is 5.97. The predicted molar refractivity (Wildman–Crippen MR) is 69.2 cm³/mol. The highest BCUT2D eigenvalue weighted by atomic mass is 16.5. The van der Waals surface area contributed by atoms with Crippen LogP contribution in [0.15, 0.2) is 6.07 Å². The quantitative estimate of drug-likeness (QED) is 0.827. The summed E-state index contributed by atoms with van der Waals surface area (Å²) >= 11 is 0. The van der Waals surface area contributed by atoms with E-state index in [0.717, 1.165) is 31.3 Å². The first-order chi connectivity index (χ1) is 8.74. The molecule has 18 heavy (non-hydrogen) atoms. The second-order valence-electron chi connectivity index (χ2n) is 4.30. The topological polar surface area (TPSA) is 59.5 Å². The third kappa shape index (κ3) is 2.88. The molecule has 6 heteroatoms. The zero-order valence-corrected chi connectivity index (χ0v) is 11.1. The summed E-state index contributed by atoms with van der Waals surface area (Å²) in [6.07, 6.45) is 0. The Morgan fingerprint density at radius 3 is 3.11 bits per heavy atom. The van der Waals surface area contributed by atoms with Gasteiger partial charge in [0.05, 0.1) is 26.4 Å². The number of ether oxygens (including phenoxy) is 2. The molecular formula is C12H20N4O2. The van der Waals surface area contributed by atoms with Gasteiger partial charge < -0.3 is 19.7 Å². The molecule has 0 aromatic carbocycles. The number of likely N-dealkylation sites (N-methyl/N-ethyl adjacent to an activating group) is 1. The van der Waals surface area contributed by atoms with Crippen LogP contribution in [0.2, 0.25) is 0 Å². The van der Waals surface area contributed by atoms with Gasteiger partial charge in [-0.05, 0) is 14.0 Å². The number of aryl methyl sites for hydroxylation is 1. The number of hydrogen-bond donors (Lipinski definition) is 1.